The van der Waals surface area contributed by atoms with E-state index in [0.29, 0.717) is 24.2 Å². The van der Waals surface area contributed by atoms with Gasteiger partial charge in [-0.05, 0) is 49.0 Å². The largest absolute Gasteiger partial charge is 0.461 e. The lowest BCUT2D eigenvalue weighted by Gasteiger charge is -2.37. The summed E-state index contributed by atoms with van der Waals surface area (Å²) in [4.78, 5) is 12.0. The molecule has 0 aromatic heterocycles. The zero-order valence-corrected chi connectivity index (χ0v) is 13.5. The minimum atomic E-state index is -0.461. The third-order valence-electron chi connectivity index (χ3n) is 4.16. The van der Waals surface area contributed by atoms with Crippen LogP contribution in [0.1, 0.15) is 46.5 Å². The predicted octanol–water partition coefficient (Wildman–Crippen LogP) is 3.07. The van der Waals surface area contributed by atoms with E-state index in [1.54, 1.807) is 11.8 Å². The van der Waals surface area contributed by atoms with E-state index in [1.165, 1.54) is 6.42 Å². The molecule has 0 bridgehead atoms. The zero-order chi connectivity index (χ0) is 14.4. The maximum absolute atomic E-state index is 12.0. The molecular formula is C15H29NO2S. The molecule has 0 radical (unpaired) electrons. The van der Waals surface area contributed by atoms with E-state index in [2.05, 4.69) is 20.8 Å². The van der Waals surface area contributed by atoms with Crippen LogP contribution in [0.25, 0.3) is 0 Å². The molecule has 0 aromatic rings. The van der Waals surface area contributed by atoms with Gasteiger partial charge in [-0.2, -0.15) is 11.8 Å². The smallest absolute Gasteiger partial charge is 0.323 e. The van der Waals surface area contributed by atoms with Crippen LogP contribution in [0, 0.1) is 17.8 Å². The molecule has 2 N–H and O–H groups in total. The molecule has 0 saturated heterocycles. The summed E-state index contributed by atoms with van der Waals surface area (Å²) in [6.45, 7) is 6.68. The first kappa shape index (κ1) is 16.8. The second kappa shape index (κ2) is 8.15. The third kappa shape index (κ3) is 5.35. The average molecular weight is 287 g/mol. The Kier molecular flexibility index (Phi) is 7.22. The minimum Gasteiger partial charge on any atom is -0.461 e. The van der Waals surface area contributed by atoms with E-state index in [4.69, 9.17) is 10.5 Å². The number of thioether (sulfide) groups is 1. The summed E-state index contributed by atoms with van der Waals surface area (Å²) >= 11 is 1.71. The number of hydrogen-bond acceptors (Lipinski definition) is 4. The molecule has 1 aliphatic rings. The molecule has 1 rings (SSSR count). The Morgan fingerprint density at radius 3 is 2.68 bits per heavy atom. The van der Waals surface area contributed by atoms with Gasteiger partial charge in [0.05, 0.1) is 0 Å². The predicted molar refractivity (Wildman–Crippen MR) is 82.2 cm³/mol. The fraction of sp³-hybridized carbons (Fsp3) is 0.933. The van der Waals surface area contributed by atoms with Crippen LogP contribution in [0.4, 0.5) is 0 Å². The Labute approximate surface area is 122 Å². The van der Waals surface area contributed by atoms with Crippen LogP contribution in [0.5, 0.6) is 0 Å². The first-order valence-electron chi connectivity index (χ1n) is 7.40. The Bertz CT molecular complexity index is 283. The van der Waals surface area contributed by atoms with Crippen LogP contribution in [-0.2, 0) is 9.53 Å². The van der Waals surface area contributed by atoms with Crippen LogP contribution in [0.3, 0.4) is 0 Å². The third-order valence-corrected chi connectivity index (χ3v) is 4.81. The molecule has 1 fully saturated rings. The van der Waals surface area contributed by atoms with Gasteiger partial charge in [0, 0.05) is 0 Å². The van der Waals surface area contributed by atoms with Crippen molar-refractivity contribution in [1.82, 2.24) is 0 Å². The first-order chi connectivity index (χ1) is 8.95. The van der Waals surface area contributed by atoms with E-state index >= 15 is 0 Å². The maximum atomic E-state index is 12.0. The van der Waals surface area contributed by atoms with E-state index in [9.17, 15) is 4.79 Å². The van der Waals surface area contributed by atoms with Crippen molar-refractivity contribution in [2.24, 2.45) is 23.5 Å². The van der Waals surface area contributed by atoms with Gasteiger partial charge in [0.2, 0.25) is 0 Å². The Hall–Kier alpha value is -0.220. The van der Waals surface area contributed by atoms with Crippen molar-refractivity contribution < 1.29 is 9.53 Å². The molecule has 1 saturated carbocycles. The van der Waals surface area contributed by atoms with Crippen LogP contribution >= 0.6 is 11.8 Å². The number of carbonyl (C=O) groups is 1. The molecule has 0 spiro atoms. The van der Waals surface area contributed by atoms with Gasteiger partial charge in [-0.25, -0.2) is 0 Å². The summed E-state index contributed by atoms with van der Waals surface area (Å²) in [5.41, 5.74) is 5.89. The summed E-state index contributed by atoms with van der Waals surface area (Å²) < 4.78 is 5.72. The molecule has 1 aliphatic carbocycles. The standard InChI is InChI=1S/C15H29NO2S/c1-10(2)12-6-5-11(3)9-14(12)18-15(17)13(16)7-8-19-4/h10-14H,5-9,16H2,1-4H3/t11?,12?,13-,14?/m0/s1. The molecule has 0 amide bonds. The molecule has 3 unspecified atom stereocenters. The van der Waals surface area contributed by atoms with E-state index in [-0.39, 0.29) is 12.1 Å². The topological polar surface area (TPSA) is 52.3 Å². The van der Waals surface area contributed by atoms with Crippen molar-refractivity contribution in [3.05, 3.63) is 0 Å². The highest BCUT2D eigenvalue weighted by Gasteiger charge is 2.34. The zero-order valence-electron chi connectivity index (χ0n) is 12.7. The SMILES string of the molecule is CSCC[C@H](N)C(=O)OC1CC(C)CCC1C(C)C. The Morgan fingerprint density at radius 2 is 2.11 bits per heavy atom. The number of rotatable bonds is 6. The second-order valence-corrected chi connectivity index (χ2v) is 7.18. The summed E-state index contributed by atoms with van der Waals surface area (Å²) in [6.07, 6.45) is 6.19. The van der Waals surface area contributed by atoms with Crippen LogP contribution < -0.4 is 5.73 Å². The molecule has 0 heterocycles. The number of nitrogens with two attached hydrogens (primary N) is 1. The molecule has 4 atom stereocenters. The normalized spacial score (nSPS) is 29.3. The lowest BCUT2D eigenvalue weighted by molar-refractivity contribution is -0.157. The lowest BCUT2D eigenvalue weighted by Crippen LogP contribution is -2.41. The molecule has 112 valence electrons. The number of ether oxygens (including phenoxy) is 1. The van der Waals surface area contributed by atoms with Crippen LogP contribution in [-0.4, -0.2) is 30.1 Å². The molecule has 19 heavy (non-hydrogen) atoms. The van der Waals surface area contributed by atoms with Gasteiger partial charge < -0.3 is 10.5 Å². The molecule has 0 aromatic carbocycles. The average Bonchev–Trinajstić information content (AvgIpc) is 2.35. The van der Waals surface area contributed by atoms with Crippen LogP contribution in [0.2, 0.25) is 0 Å². The Morgan fingerprint density at radius 1 is 1.42 bits per heavy atom. The van der Waals surface area contributed by atoms with Gasteiger partial charge in [0.15, 0.2) is 0 Å². The minimum absolute atomic E-state index is 0.0663. The van der Waals surface area contributed by atoms with Crippen molar-refractivity contribution >= 4 is 17.7 Å². The Balaban J connectivity index is 2.53. The highest BCUT2D eigenvalue weighted by atomic mass is 32.2. The molecular weight excluding hydrogens is 258 g/mol. The summed E-state index contributed by atoms with van der Waals surface area (Å²) in [5, 5.41) is 0. The highest BCUT2D eigenvalue weighted by molar-refractivity contribution is 7.98. The van der Waals surface area contributed by atoms with Crippen molar-refractivity contribution in [2.75, 3.05) is 12.0 Å². The fourth-order valence-electron chi connectivity index (χ4n) is 2.85. The van der Waals surface area contributed by atoms with Gasteiger partial charge in [-0.3, -0.25) is 4.79 Å². The number of esters is 1. The quantitative estimate of drug-likeness (QED) is 0.763. The van der Waals surface area contributed by atoms with Crippen LogP contribution in [0.15, 0.2) is 0 Å². The van der Waals surface area contributed by atoms with Gasteiger partial charge in [0.25, 0.3) is 0 Å². The van der Waals surface area contributed by atoms with E-state index < -0.39 is 6.04 Å². The van der Waals surface area contributed by atoms with E-state index in [0.717, 1.165) is 18.6 Å². The maximum Gasteiger partial charge on any atom is 0.323 e. The van der Waals surface area contributed by atoms with Crippen molar-refractivity contribution in [3.63, 3.8) is 0 Å². The van der Waals surface area contributed by atoms with Gasteiger partial charge in [-0.15, -0.1) is 0 Å². The monoisotopic (exact) mass is 287 g/mol. The summed E-state index contributed by atoms with van der Waals surface area (Å²) in [5.74, 6) is 2.40. The molecule has 3 nitrogen and oxygen atoms in total. The lowest BCUT2D eigenvalue weighted by atomic mass is 9.75. The van der Waals surface area contributed by atoms with Crippen molar-refractivity contribution in [2.45, 2.75) is 58.6 Å². The van der Waals surface area contributed by atoms with Gasteiger partial charge in [0.1, 0.15) is 12.1 Å². The number of carbonyl (C=O) groups excluding carboxylic acids is 1. The highest BCUT2D eigenvalue weighted by Crippen LogP contribution is 2.35. The fourth-order valence-corrected chi connectivity index (χ4v) is 3.34. The second-order valence-electron chi connectivity index (χ2n) is 6.19. The molecule has 0 aliphatic heterocycles. The van der Waals surface area contributed by atoms with Crippen molar-refractivity contribution in [1.29, 1.82) is 0 Å². The summed E-state index contributed by atoms with van der Waals surface area (Å²) in [7, 11) is 0. The van der Waals surface area contributed by atoms with Gasteiger partial charge in [-0.1, -0.05) is 27.2 Å². The first-order valence-corrected chi connectivity index (χ1v) is 8.80. The van der Waals surface area contributed by atoms with Crippen molar-refractivity contribution in [3.8, 4) is 0 Å². The van der Waals surface area contributed by atoms with E-state index in [1.807, 2.05) is 6.26 Å². The van der Waals surface area contributed by atoms with Gasteiger partial charge >= 0.3 is 5.97 Å². The molecule has 4 heteroatoms. The number of hydrogen-bond donors (Lipinski definition) is 1. The summed E-state index contributed by atoms with van der Waals surface area (Å²) in [6, 6.07) is -0.461.